The molecule has 0 radical (unpaired) electrons. The molecule has 7 nitrogen and oxygen atoms in total. The lowest BCUT2D eigenvalue weighted by molar-refractivity contribution is -0.142. The Morgan fingerprint density at radius 1 is 1.30 bits per heavy atom. The molecule has 2 aliphatic rings. The predicted octanol–water partition coefficient (Wildman–Crippen LogP) is 2.35. The van der Waals surface area contributed by atoms with Crippen LogP contribution in [-0.2, 0) is 16.1 Å². The number of hydrogen-bond donors (Lipinski definition) is 1. The molecule has 30 heavy (non-hydrogen) atoms. The van der Waals surface area contributed by atoms with E-state index >= 15 is 0 Å². The number of rotatable bonds is 6. The first-order chi connectivity index (χ1) is 14.1. The number of alkyl halides is 2. The standard InChI is InChI=1S/C20H28F2N4O3.HI/c1-23-20(24-13-15-4-2-5-16(12-15)29-14-18(21)22)26-9-7-25(8-10-26)19(27)17-6-3-11-28-17;/h2,4-5,12,17-18H,3,6-11,13-14H2,1H3,(H,23,24);1H. The van der Waals surface area contributed by atoms with Crippen molar-refractivity contribution < 1.29 is 23.0 Å². The SMILES string of the molecule is CN=C(NCc1cccc(OCC(F)F)c1)N1CCN(C(=O)C2CCCO2)CC1.I. The molecule has 2 saturated heterocycles. The van der Waals surface area contributed by atoms with Crippen LogP contribution in [0.5, 0.6) is 5.75 Å². The third-order valence-corrected chi connectivity index (χ3v) is 5.03. The average molecular weight is 538 g/mol. The van der Waals surface area contributed by atoms with Crippen LogP contribution in [0.1, 0.15) is 18.4 Å². The van der Waals surface area contributed by atoms with Gasteiger partial charge in [-0.3, -0.25) is 9.79 Å². The zero-order chi connectivity index (χ0) is 20.6. The van der Waals surface area contributed by atoms with Gasteiger partial charge in [0, 0.05) is 46.4 Å². The average Bonchev–Trinajstić information content (AvgIpc) is 3.28. The Bertz CT molecular complexity index is 709. The molecule has 1 aromatic carbocycles. The molecule has 0 bridgehead atoms. The van der Waals surface area contributed by atoms with Gasteiger partial charge in [-0.05, 0) is 30.5 Å². The molecular formula is C20H29F2IN4O3. The fourth-order valence-corrected chi connectivity index (χ4v) is 3.53. The monoisotopic (exact) mass is 538 g/mol. The van der Waals surface area contributed by atoms with Crippen LogP contribution in [-0.4, -0.2) is 80.6 Å². The van der Waals surface area contributed by atoms with Gasteiger partial charge in [-0.2, -0.15) is 0 Å². The van der Waals surface area contributed by atoms with Gasteiger partial charge in [-0.1, -0.05) is 12.1 Å². The summed E-state index contributed by atoms with van der Waals surface area (Å²) in [6.45, 7) is 3.19. The number of nitrogens with one attached hydrogen (secondary N) is 1. The number of ether oxygens (including phenoxy) is 2. The van der Waals surface area contributed by atoms with E-state index in [2.05, 4.69) is 15.2 Å². The summed E-state index contributed by atoms with van der Waals surface area (Å²) >= 11 is 0. The first kappa shape index (κ1) is 24.6. The van der Waals surface area contributed by atoms with Crippen LogP contribution in [0.3, 0.4) is 0 Å². The quantitative estimate of drug-likeness (QED) is 0.343. The molecular weight excluding hydrogens is 509 g/mol. The van der Waals surface area contributed by atoms with Crippen molar-refractivity contribution in [2.45, 2.75) is 31.9 Å². The number of halogens is 3. The minimum absolute atomic E-state index is 0. The maximum Gasteiger partial charge on any atom is 0.272 e. The van der Waals surface area contributed by atoms with E-state index in [0.29, 0.717) is 45.1 Å². The summed E-state index contributed by atoms with van der Waals surface area (Å²) in [5.41, 5.74) is 0.908. The first-order valence-electron chi connectivity index (χ1n) is 9.92. The Morgan fingerprint density at radius 3 is 2.67 bits per heavy atom. The molecule has 168 valence electrons. The molecule has 2 heterocycles. The second-order valence-electron chi connectivity index (χ2n) is 7.06. The van der Waals surface area contributed by atoms with E-state index in [1.165, 1.54) is 0 Å². The Balaban J connectivity index is 0.00000320. The molecule has 1 N–H and O–H groups in total. The maximum atomic E-state index is 12.5. The predicted molar refractivity (Wildman–Crippen MR) is 121 cm³/mol. The lowest BCUT2D eigenvalue weighted by Crippen LogP contribution is -2.55. The molecule has 0 aromatic heterocycles. The summed E-state index contributed by atoms with van der Waals surface area (Å²) in [7, 11) is 1.72. The first-order valence-corrected chi connectivity index (χ1v) is 9.92. The van der Waals surface area contributed by atoms with Gasteiger partial charge >= 0.3 is 0 Å². The van der Waals surface area contributed by atoms with E-state index in [1.54, 1.807) is 25.2 Å². The van der Waals surface area contributed by atoms with Crippen molar-refractivity contribution in [1.82, 2.24) is 15.1 Å². The van der Waals surface area contributed by atoms with Crippen molar-refractivity contribution in [3.63, 3.8) is 0 Å². The van der Waals surface area contributed by atoms with Gasteiger partial charge in [0.1, 0.15) is 18.5 Å². The molecule has 0 saturated carbocycles. The van der Waals surface area contributed by atoms with Crippen LogP contribution in [0.2, 0.25) is 0 Å². The van der Waals surface area contributed by atoms with Crippen molar-refractivity contribution in [1.29, 1.82) is 0 Å². The summed E-state index contributed by atoms with van der Waals surface area (Å²) in [6, 6.07) is 7.07. The van der Waals surface area contributed by atoms with Gasteiger partial charge < -0.3 is 24.6 Å². The summed E-state index contributed by atoms with van der Waals surface area (Å²) in [6.07, 6.45) is -1.02. The van der Waals surface area contributed by atoms with Gasteiger partial charge in [-0.15, -0.1) is 24.0 Å². The van der Waals surface area contributed by atoms with Gasteiger partial charge in [0.25, 0.3) is 12.3 Å². The number of aliphatic imine (C=N–C) groups is 1. The van der Waals surface area contributed by atoms with E-state index in [0.717, 1.165) is 24.4 Å². The highest BCUT2D eigenvalue weighted by Gasteiger charge is 2.30. The van der Waals surface area contributed by atoms with Crippen molar-refractivity contribution in [2.24, 2.45) is 4.99 Å². The summed E-state index contributed by atoms with van der Waals surface area (Å²) in [4.78, 5) is 20.8. The van der Waals surface area contributed by atoms with Crippen LogP contribution in [0, 0.1) is 0 Å². The minimum atomic E-state index is -2.50. The van der Waals surface area contributed by atoms with Crippen molar-refractivity contribution >= 4 is 35.8 Å². The van der Waals surface area contributed by atoms with Crippen LogP contribution < -0.4 is 10.1 Å². The Labute approximate surface area is 192 Å². The molecule has 1 aromatic rings. The highest BCUT2D eigenvalue weighted by Crippen LogP contribution is 2.17. The van der Waals surface area contributed by atoms with Crippen LogP contribution >= 0.6 is 24.0 Å². The fraction of sp³-hybridized carbons (Fsp3) is 0.600. The van der Waals surface area contributed by atoms with E-state index < -0.39 is 13.0 Å². The van der Waals surface area contributed by atoms with E-state index in [1.807, 2.05) is 11.0 Å². The third-order valence-electron chi connectivity index (χ3n) is 5.03. The van der Waals surface area contributed by atoms with E-state index in [-0.39, 0.29) is 36.0 Å². The Kier molecular flexibility index (Phi) is 10.0. The maximum absolute atomic E-state index is 12.5. The lowest BCUT2D eigenvalue weighted by Gasteiger charge is -2.37. The molecule has 10 heteroatoms. The number of benzene rings is 1. The molecule has 1 atom stereocenters. The topological polar surface area (TPSA) is 66.4 Å². The van der Waals surface area contributed by atoms with Gasteiger partial charge in [0.05, 0.1) is 0 Å². The molecule has 2 fully saturated rings. The number of guanidine groups is 1. The Morgan fingerprint density at radius 2 is 2.03 bits per heavy atom. The van der Waals surface area contributed by atoms with Crippen molar-refractivity contribution in [2.75, 3.05) is 46.4 Å². The second kappa shape index (κ2) is 12.2. The minimum Gasteiger partial charge on any atom is -0.488 e. The normalized spacial score (nSPS) is 19.6. The van der Waals surface area contributed by atoms with Gasteiger partial charge in [0.2, 0.25) is 0 Å². The Hall–Kier alpha value is -1.69. The molecule has 3 rings (SSSR count). The number of amides is 1. The number of carbonyl (C=O) groups is 1. The fourth-order valence-electron chi connectivity index (χ4n) is 3.53. The number of hydrogen-bond acceptors (Lipinski definition) is 4. The van der Waals surface area contributed by atoms with Gasteiger partial charge in [-0.25, -0.2) is 8.78 Å². The third kappa shape index (κ3) is 6.93. The molecule has 0 spiro atoms. The number of piperazine rings is 1. The largest absolute Gasteiger partial charge is 0.488 e. The smallest absolute Gasteiger partial charge is 0.272 e. The molecule has 1 unspecified atom stereocenters. The highest BCUT2D eigenvalue weighted by atomic mass is 127. The molecule has 0 aliphatic carbocycles. The van der Waals surface area contributed by atoms with Crippen molar-refractivity contribution in [3.05, 3.63) is 29.8 Å². The molecule has 1 amide bonds. The highest BCUT2D eigenvalue weighted by molar-refractivity contribution is 14.0. The van der Waals surface area contributed by atoms with Gasteiger partial charge in [0.15, 0.2) is 5.96 Å². The van der Waals surface area contributed by atoms with Crippen LogP contribution in [0.25, 0.3) is 0 Å². The van der Waals surface area contributed by atoms with Crippen molar-refractivity contribution in [3.8, 4) is 5.75 Å². The number of nitrogens with zero attached hydrogens (tertiary/aromatic N) is 3. The van der Waals surface area contributed by atoms with E-state index in [4.69, 9.17) is 9.47 Å². The van der Waals surface area contributed by atoms with Crippen LogP contribution in [0.4, 0.5) is 8.78 Å². The summed E-state index contributed by atoms with van der Waals surface area (Å²) in [5.74, 6) is 1.25. The zero-order valence-corrected chi connectivity index (χ0v) is 19.4. The molecule has 2 aliphatic heterocycles. The summed E-state index contributed by atoms with van der Waals surface area (Å²) < 4.78 is 35.2. The lowest BCUT2D eigenvalue weighted by atomic mass is 10.2. The van der Waals surface area contributed by atoms with E-state index in [9.17, 15) is 13.6 Å². The summed E-state index contributed by atoms with van der Waals surface area (Å²) in [5, 5.41) is 3.29. The van der Waals surface area contributed by atoms with Crippen LogP contribution in [0.15, 0.2) is 29.3 Å². The second-order valence-corrected chi connectivity index (χ2v) is 7.06. The number of carbonyl (C=O) groups excluding carboxylic acids is 1. The zero-order valence-electron chi connectivity index (χ0n) is 17.1.